The second-order valence-corrected chi connectivity index (χ2v) is 8.16. The SMILES string of the molecule is Cc1ccccc1CNC(=O)c1ccccc1NC(=O)C(=O)NCCC1CCCCC1. The van der Waals surface area contributed by atoms with Gasteiger partial charge >= 0.3 is 11.8 Å². The van der Waals surface area contributed by atoms with E-state index in [4.69, 9.17) is 0 Å². The summed E-state index contributed by atoms with van der Waals surface area (Å²) in [5.41, 5.74) is 2.75. The van der Waals surface area contributed by atoms with E-state index >= 15 is 0 Å². The zero-order valence-electron chi connectivity index (χ0n) is 18.1. The highest BCUT2D eigenvalue weighted by Crippen LogP contribution is 2.25. The molecule has 1 fully saturated rings. The lowest BCUT2D eigenvalue weighted by atomic mass is 9.87. The summed E-state index contributed by atoms with van der Waals surface area (Å²) < 4.78 is 0. The predicted octanol–water partition coefficient (Wildman–Crippen LogP) is 3.95. The van der Waals surface area contributed by atoms with Gasteiger partial charge < -0.3 is 16.0 Å². The van der Waals surface area contributed by atoms with Crippen LogP contribution in [-0.4, -0.2) is 24.3 Å². The molecule has 0 saturated heterocycles. The maximum Gasteiger partial charge on any atom is 0.313 e. The minimum Gasteiger partial charge on any atom is -0.348 e. The van der Waals surface area contributed by atoms with Gasteiger partial charge in [0.05, 0.1) is 11.3 Å². The average Bonchev–Trinajstić information content (AvgIpc) is 2.79. The number of benzene rings is 2. The highest BCUT2D eigenvalue weighted by molar-refractivity contribution is 6.40. The van der Waals surface area contributed by atoms with Crippen molar-refractivity contribution in [2.24, 2.45) is 5.92 Å². The van der Waals surface area contributed by atoms with Gasteiger partial charge in [-0.3, -0.25) is 14.4 Å². The number of hydrogen-bond donors (Lipinski definition) is 3. The van der Waals surface area contributed by atoms with E-state index in [-0.39, 0.29) is 5.91 Å². The van der Waals surface area contributed by atoms with E-state index in [9.17, 15) is 14.4 Å². The van der Waals surface area contributed by atoms with Crippen LogP contribution in [0.4, 0.5) is 5.69 Å². The minimum absolute atomic E-state index is 0.308. The first-order valence-corrected chi connectivity index (χ1v) is 11.1. The summed E-state index contributed by atoms with van der Waals surface area (Å²) in [6, 6.07) is 14.5. The number of hydrogen-bond acceptors (Lipinski definition) is 3. The molecule has 0 aromatic heterocycles. The van der Waals surface area contributed by atoms with Gasteiger partial charge in [-0.2, -0.15) is 0 Å². The van der Waals surface area contributed by atoms with Crippen molar-refractivity contribution in [3.63, 3.8) is 0 Å². The van der Waals surface area contributed by atoms with Crippen molar-refractivity contribution in [2.45, 2.75) is 52.0 Å². The van der Waals surface area contributed by atoms with Crippen molar-refractivity contribution in [3.05, 3.63) is 65.2 Å². The van der Waals surface area contributed by atoms with Crippen molar-refractivity contribution in [1.29, 1.82) is 0 Å². The van der Waals surface area contributed by atoms with Gasteiger partial charge in [0.1, 0.15) is 0 Å². The summed E-state index contributed by atoms with van der Waals surface area (Å²) in [5, 5.41) is 8.16. The number of rotatable bonds is 7. The lowest BCUT2D eigenvalue weighted by Crippen LogP contribution is -2.37. The van der Waals surface area contributed by atoms with E-state index in [1.54, 1.807) is 24.3 Å². The lowest BCUT2D eigenvalue weighted by molar-refractivity contribution is -0.136. The van der Waals surface area contributed by atoms with Crippen LogP contribution in [0.5, 0.6) is 0 Å². The summed E-state index contributed by atoms with van der Waals surface area (Å²) in [4.78, 5) is 37.2. The average molecular weight is 422 g/mol. The number of nitrogens with one attached hydrogen (secondary N) is 3. The van der Waals surface area contributed by atoms with Gasteiger partial charge in [-0.05, 0) is 42.5 Å². The van der Waals surface area contributed by atoms with E-state index in [0.717, 1.165) is 17.5 Å². The molecule has 0 atom stereocenters. The topological polar surface area (TPSA) is 87.3 Å². The second kappa shape index (κ2) is 11.3. The van der Waals surface area contributed by atoms with Gasteiger partial charge in [0.2, 0.25) is 0 Å². The molecule has 2 aromatic carbocycles. The molecule has 0 radical (unpaired) electrons. The van der Waals surface area contributed by atoms with Gasteiger partial charge in [0.15, 0.2) is 0 Å². The molecule has 1 saturated carbocycles. The van der Waals surface area contributed by atoms with Crippen molar-refractivity contribution < 1.29 is 14.4 Å². The Balaban J connectivity index is 1.52. The van der Waals surface area contributed by atoms with Crippen LogP contribution < -0.4 is 16.0 Å². The molecule has 3 amide bonds. The smallest absolute Gasteiger partial charge is 0.313 e. The Bertz CT molecular complexity index is 920. The van der Waals surface area contributed by atoms with Gasteiger partial charge in [-0.25, -0.2) is 0 Å². The summed E-state index contributed by atoms with van der Waals surface area (Å²) in [6.45, 7) is 2.87. The molecular formula is C25H31N3O3. The summed E-state index contributed by atoms with van der Waals surface area (Å²) in [5.74, 6) is -1.11. The van der Waals surface area contributed by atoms with Crippen LogP contribution in [-0.2, 0) is 16.1 Å². The number of anilines is 1. The Morgan fingerprint density at radius 2 is 1.58 bits per heavy atom. The van der Waals surface area contributed by atoms with Gasteiger partial charge in [0, 0.05) is 13.1 Å². The fourth-order valence-corrected chi connectivity index (χ4v) is 3.99. The number of para-hydroxylation sites is 1. The maximum atomic E-state index is 12.7. The molecule has 6 heteroatoms. The van der Waals surface area contributed by atoms with Crippen LogP contribution in [0.1, 0.15) is 60.0 Å². The van der Waals surface area contributed by atoms with Crippen LogP contribution in [0.25, 0.3) is 0 Å². The first-order valence-electron chi connectivity index (χ1n) is 11.1. The normalized spacial score (nSPS) is 14.0. The van der Waals surface area contributed by atoms with Crippen molar-refractivity contribution in [3.8, 4) is 0 Å². The molecule has 1 aliphatic carbocycles. The predicted molar refractivity (Wildman–Crippen MR) is 122 cm³/mol. The van der Waals surface area contributed by atoms with Crippen molar-refractivity contribution in [2.75, 3.05) is 11.9 Å². The lowest BCUT2D eigenvalue weighted by Gasteiger charge is -2.21. The molecule has 0 bridgehead atoms. The highest BCUT2D eigenvalue weighted by Gasteiger charge is 2.19. The molecule has 164 valence electrons. The van der Waals surface area contributed by atoms with Crippen LogP contribution in [0.2, 0.25) is 0 Å². The maximum absolute atomic E-state index is 12.7. The van der Waals surface area contributed by atoms with Crippen molar-refractivity contribution in [1.82, 2.24) is 10.6 Å². The van der Waals surface area contributed by atoms with Gasteiger partial charge in [0.25, 0.3) is 5.91 Å². The Morgan fingerprint density at radius 1 is 0.871 bits per heavy atom. The zero-order chi connectivity index (χ0) is 22.1. The molecule has 3 N–H and O–H groups in total. The van der Waals surface area contributed by atoms with Crippen LogP contribution >= 0.6 is 0 Å². The van der Waals surface area contributed by atoms with Crippen LogP contribution in [0, 0.1) is 12.8 Å². The van der Waals surface area contributed by atoms with E-state index in [1.165, 1.54) is 32.1 Å². The molecule has 3 rings (SSSR count). The fraction of sp³-hybridized carbons (Fsp3) is 0.400. The molecule has 0 aliphatic heterocycles. The zero-order valence-corrected chi connectivity index (χ0v) is 18.1. The Morgan fingerprint density at radius 3 is 2.35 bits per heavy atom. The summed E-state index contributed by atoms with van der Waals surface area (Å²) >= 11 is 0. The van der Waals surface area contributed by atoms with Crippen LogP contribution in [0.3, 0.4) is 0 Å². The quantitative estimate of drug-likeness (QED) is 0.592. The number of carbonyl (C=O) groups is 3. The molecule has 2 aromatic rings. The first-order chi connectivity index (χ1) is 15.0. The first kappa shape index (κ1) is 22.5. The standard InChI is InChI=1S/C25H31N3O3/c1-18-9-5-6-12-20(18)17-27-23(29)21-13-7-8-14-22(21)28-25(31)24(30)26-16-15-19-10-3-2-4-11-19/h5-9,12-14,19H,2-4,10-11,15-17H2,1H3,(H,26,30)(H,27,29)(H,28,31). The summed E-state index contributed by atoms with van der Waals surface area (Å²) in [6.07, 6.45) is 7.10. The largest absolute Gasteiger partial charge is 0.348 e. The third-order valence-electron chi connectivity index (χ3n) is 5.89. The third-order valence-corrected chi connectivity index (χ3v) is 5.89. The molecule has 0 unspecified atom stereocenters. The third kappa shape index (κ3) is 6.67. The van der Waals surface area contributed by atoms with Crippen molar-refractivity contribution >= 4 is 23.4 Å². The van der Waals surface area contributed by atoms with Gasteiger partial charge in [-0.1, -0.05) is 68.5 Å². The van der Waals surface area contributed by atoms with E-state index in [0.29, 0.717) is 30.3 Å². The minimum atomic E-state index is -0.761. The molecular weight excluding hydrogens is 390 g/mol. The van der Waals surface area contributed by atoms with Crippen LogP contribution in [0.15, 0.2) is 48.5 Å². The Labute approximate surface area is 183 Å². The number of amides is 3. The highest BCUT2D eigenvalue weighted by atomic mass is 16.2. The second-order valence-electron chi connectivity index (χ2n) is 8.16. The molecule has 31 heavy (non-hydrogen) atoms. The van der Waals surface area contributed by atoms with E-state index in [2.05, 4.69) is 16.0 Å². The fourth-order valence-electron chi connectivity index (χ4n) is 3.99. The molecule has 0 spiro atoms. The Kier molecular flexibility index (Phi) is 8.21. The molecule has 1 aliphatic rings. The van der Waals surface area contributed by atoms with Gasteiger partial charge in [-0.15, -0.1) is 0 Å². The number of aryl methyl sites for hydroxylation is 1. The monoisotopic (exact) mass is 421 g/mol. The molecule has 0 heterocycles. The summed E-state index contributed by atoms with van der Waals surface area (Å²) in [7, 11) is 0. The molecule has 6 nitrogen and oxygen atoms in total. The number of carbonyl (C=O) groups excluding carboxylic acids is 3. The Hall–Kier alpha value is -3.15. The van der Waals surface area contributed by atoms with E-state index < -0.39 is 11.8 Å². The van der Waals surface area contributed by atoms with E-state index in [1.807, 2.05) is 31.2 Å².